The van der Waals surface area contributed by atoms with Gasteiger partial charge in [0, 0.05) is 121 Å². The normalized spacial score (nSPS) is 19.7. The predicted molar refractivity (Wildman–Crippen MR) is 526 cm³/mol. The topological polar surface area (TPSA) is 214 Å². The highest BCUT2D eigenvalue weighted by molar-refractivity contribution is 9.10. The van der Waals surface area contributed by atoms with Gasteiger partial charge in [-0.25, -0.2) is 19.7 Å². The number of hydrogen-bond acceptors (Lipinski definition) is 13. The standard InChI is InChI=1S/C29H27Cl2N3O3.C29H25Cl2N3O2.C26H20BrCl2N3O2.C20H13BrCl2N2O2/c1-27(2,36)20-6-11-25-24(14-20)26(35)34(16-23-10-9-22(31)15-33-23)29(25,19-4-7-21(30)8-5-19)37-18-28(12-13-28)17-32-3;1-19(2)20-4-11-26-25(14-20)27(35)34(16-24-10-9-23(31)15-33-24)29(26,21-5-7-22(30)8-6-21)36-18-28(12-13-28)17-32-3;1-30-15-25(10-11-25)16-34-26(17-2-5-19(28)6-3-17)23-9-4-18(27)12-22(23)24(33)32(26)14-21-8-7-20(29)13-31-21;21-13-3-8-18-17(9-13)19(26)25(11-16-7-6-15(23)10-24-16)20(18,27)12-1-4-14(22)5-2-12/h4-11,14-15,36H,12-13,16-18H2,1-2H3;4-11,14-15H,1,12-13,16-18H2,2H3;2-9,12-13H,10-11,14-16H2;1-10,27H,11H2/t29-;;;/m1.../s1. The van der Waals surface area contributed by atoms with Gasteiger partial charge in [-0.05, 0) is 204 Å². The molecule has 2 N–H and O–H groups in total. The number of allylic oxidation sites excluding steroid dienone is 1. The lowest BCUT2D eigenvalue weighted by Gasteiger charge is -2.40. The number of benzene rings is 8. The first-order valence-corrected chi connectivity index (χ1v) is 47.4. The zero-order valence-corrected chi connectivity index (χ0v) is 81.8. The van der Waals surface area contributed by atoms with E-state index in [-0.39, 0.29) is 66.1 Å². The summed E-state index contributed by atoms with van der Waals surface area (Å²) < 4.78 is 22.0. The number of hydrogen-bond donors (Lipinski definition) is 2. The maximum atomic E-state index is 14.1. The monoisotopic (exact) mass is 2070 g/mol. The van der Waals surface area contributed by atoms with Crippen molar-refractivity contribution < 1.29 is 43.6 Å². The Kier molecular flexibility index (Phi) is 28.4. The maximum Gasteiger partial charge on any atom is 0.257 e. The molecule has 0 bridgehead atoms. The fourth-order valence-electron chi connectivity index (χ4n) is 17.3. The number of amides is 4. The van der Waals surface area contributed by atoms with Crippen molar-refractivity contribution >= 4 is 154 Å². The van der Waals surface area contributed by atoms with Gasteiger partial charge in [-0.15, -0.1) is 0 Å². The highest BCUT2D eigenvalue weighted by Gasteiger charge is 2.60. The van der Waals surface area contributed by atoms with Gasteiger partial charge in [-0.2, -0.15) is 0 Å². The first-order chi connectivity index (χ1) is 64.1. The summed E-state index contributed by atoms with van der Waals surface area (Å²) >= 11 is 55.7. The van der Waals surface area contributed by atoms with E-state index in [9.17, 15) is 29.4 Å². The van der Waals surface area contributed by atoms with Crippen molar-refractivity contribution in [2.24, 2.45) is 16.2 Å². The van der Waals surface area contributed by atoms with E-state index >= 15 is 0 Å². The minimum absolute atomic E-state index is 0.126. The smallest absolute Gasteiger partial charge is 0.257 e. The van der Waals surface area contributed by atoms with Crippen molar-refractivity contribution in [3.63, 3.8) is 0 Å². The summed E-state index contributed by atoms with van der Waals surface area (Å²) in [6, 6.07) is 65.2. The van der Waals surface area contributed by atoms with E-state index in [4.69, 9.17) is 127 Å². The van der Waals surface area contributed by atoms with Crippen LogP contribution in [0.15, 0.2) is 259 Å². The van der Waals surface area contributed by atoms with Crippen LogP contribution >= 0.6 is 125 Å². The molecule has 12 aromatic rings. The van der Waals surface area contributed by atoms with Gasteiger partial charge in [0.1, 0.15) is 0 Å². The molecule has 3 aliphatic carbocycles. The number of fused-ring (bicyclic) bond motifs is 4. The third-order valence-electron chi connectivity index (χ3n) is 25.4. The van der Waals surface area contributed by atoms with E-state index in [1.54, 1.807) is 168 Å². The van der Waals surface area contributed by atoms with Crippen LogP contribution in [0.4, 0.5) is 0 Å². The Morgan fingerprint density at radius 1 is 0.388 bits per heavy atom. The molecule has 3 unspecified atom stereocenters. The number of carbonyl (C=O) groups is 4. The Balaban J connectivity index is 0.000000131. The number of carbonyl (C=O) groups excluding carboxylic acids is 4. The lowest BCUT2D eigenvalue weighted by molar-refractivity contribution is -0.124. The molecular formula is C104H85Br2Cl8N11O9. The first-order valence-electron chi connectivity index (χ1n) is 42.8. The van der Waals surface area contributed by atoms with Crippen molar-refractivity contribution in [1.29, 1.82) is 0 Å². The van der Waals surface area contributed by atoms with Crippen molar-refractivity contribution in [3.05, 3.63) is 434 Å². The van der Waals surface area contributed by atoms with Gasteiger partial charge in [-0.3, -0.25) is 58.7 Å². The van der Waals surface area contributed by atoms with Gasteiger partial charge in [0.05, 0.1) is 111 Å². The third kappa shape index (κ3) is 19.7. The van der Waals surface area contributed by atoms with Gasteiger partial charge >= 0.3 is 0 Å². The molecule has 0 radical (unpaired) electrons. The average Bonchev–Trinajstić information content (AvgIpc) is 1.54. The zero-order valence-electron chi connectivity index (χ0n) is 72.6. The number of aromatic nitrogens is 4. The molecule has 20 nitrogen and oxygen atoms in total. The van der Waals surface area contributed by atoms with E-state index in [1.807, 2.05) is 104 Å². The highest BCUT2D eigenvalue weighted by Crippen LogP contribution is 2.57. The minimum atomic E-state index is -1.63. The summed E-state index contributed by atoms with van der Waals surface area (Å²) in [6.45, 7) is 34.5. The van der Waals surface area contributed by atoms with Crippen LogP contribution in [0.1, 0.15) is 179 Å². The fourth-order valence-corrected chi connectivity index (χ4v) is 19.0. The maximum absolute atomic E-state index is 14.1. The summed E-state index contributed by atoms with van der Waals surface area (Å²) in [5.74, 6) is -0.823. The van der Waals surface area contributed by atoms with Crippen molar-refractivity contribution in [1.82, 2.24) is 39.5 Å². The fraction of sp³-hybridized carbons (Fsp3) is 0.260. The molecule has 7 aliphatic rings. The lowest BCUT2D eigenvalue weighted by Crippen LogP contribution is -2.47. The molecule has 8 aromatic carbocycles. The number of aliphatic hydroxyl groups is 2. The zero-order chi connectivity index (χ0) is 95.0. The number of ether oxygens (including phenoxy) is 3. The average molecular weight is 2080 g/mol. The van der Waals surface area contributed by atoms with Crippen LogP contribution in [-0.2, 0) is 68.9 Å². The van der Waals surface area contributed by atoms with Crippen LogP contribution in [0.3, 0.4) is 0 Å². The van der Waals surface area contributed by atoms with Crippen molar-refractivity contribution in [2.75, 3.05) is 39.5 Å². The summed E-state index contributed by atoms with van der Waals surface area (Å²) in [5, 5.41) is 26.8. The Morgan fingerprint density at radius 2 is 0.664 bits per heavy atom. The SMILES string of the molecule is O=C1c2cc(Br)ccc2C(O)(c2ccc(Cl)cc2)N1Cc1ccc(Cl)cn1.[C-]#[N+]CC1(COC2(c3ccc(Cl)cc3)c3ccc(Br)cc3C(=O)N2Cc2ccc(Cl)cn2)CC1.[C-]#[N+]CC1(COC2(c3ccc(Cl)cc3)c3ccc(C(=C)C)cc3C(=O)N2Cc2ccc(Cl)cn2)CC1.[C-]#[N+]CC1(CO[C@]2(c3ccc(Cl)cc3)c3ccc(C(C)(C)O)cc3C(=O)N2Cc2ccc(Cl)cn2)CC1. The van der Waals surface area contributed by atoms with E-state index in [1.165, 1.54) is 11.1 Å². The van der Waals surface area contributed by atoms with Crippen LogP contribution < -0.4 is 0 Å². The summed E-state index contributed by atoms with van der Waals surface area (Å²) in [7, 11) is 0. The Labute approximate surface area is 833 Å². The summed E-state index contributed by atoms with van der Waals surface area (Å²) in [4.78, 5) is 90.2. The van der Waals surface area contributed by atoms with Crippen molar-refractivity contribution in [3.8, 4) is 0 Å². The summed E-state index contributed by atoms with van der Waals surface area (Å²) in [6.07, 6.45) is 11.8. The third-order valence-corrected chi connectivity index (χ3v) is 28.3. The Hall–Kier alpha value is -10.5. The van der Waals surface area contributed by atoms with E-state index in [0.717, 1.165) is 86.4 Å². The molecule has 4 aliphatic heterocycles. The Bertz CT molecular complexity index is 6660. The summed E-state index contributed by atoms with van der Waals surface area (Å²) in [5.41, 5.74) is 5.66. The molecule has 134 heavy (non-hydrogen) atoms. The number of nitrogens with zero attached hydrogens (tertiary/aromatic N) is 11. The molecule has 8 heterocycles. The van der Waals surface area contributed by atoms with Crippen LogP contribution in [-0.4, -0.2) is 113 Å². The molecule has 4 aromatic heterocycles. The quantitative estimate of drug-likeness (QED) is 0.0483. The number of rotatable bonds is 26. The van der Waals surface area contributed by atoms with Gasteiger partial charge < -0.3 is 39.0 Å². The van der Waals surface area contributed by atoms with Crippen LogP contribution in [0, 0.1) is 36.0 Å². The number of pyridine rings is 4. The molecule has 0 spiro atoms. The molecule has 4 atom stereocenters. The lowest BCUT2D eigenvalue weighted by atomic mass is 9.89. The van der Waals surface area contributed by atoms with Crippen LogP contribution in [0.5, 0.6) is 0 Å². The van der Waals surface area contributed by atoms with E-state index in [2.05, 4.69) is 72.9 Å². The van der Waals surface area contributed by atoms with E-state index < -0.39 is 28.5 Å². The molecular weight excluding hydrogens is 1990 g/mol. The van der Waals surface area contributed by atoms with Crippen molar-refractivity contribution in [2.45, 2.75) is 114 Å². The van der Waals surface area contributed by atoms with E-state index in [0.29, 0.717) is 147 Å². The van der Waals surface area contributed by atoms with Crippen LogP contribution in [0.2, 0.25) is 40.2 Å². The number of halogens is 10. The van der Waals surface area contributed by atoms with Crippen LogP contribution in [0.25, 0.3) is 20.1 Å². The molecule has 19 rings (SSSR count). The Morgan fingerprint density at radius 3 is 0.970 bits per heavy atom. The van der Waals surface area contributed by atoms with Gasteiger partial charge in [0.2, 0.25) is 19.6 Å². The molecule has 0 saturated heterocycles. The largest absolute Gasteiger partial charge is 0.386 e. The van der Waals surface area contributed by atoms with Gasteiger partial charge in [0.25, 0.3) is 23.6 Å². The van der Waals surface area contributed by atoms with Gasteiger partial charge in [-0.1, -0.05) is 222 Å². The second-order valence-corrected chi connectivity index (χ2v) is 40.4. The second kappa shape index (κ2) is 39.3. The molecule has 30 heteroatoms. The van der Waals surface area contributed by atoms with Gasteiger partial charge in [0.15, 0.2) is 22.9 Å². The first kappa shape index (κ1) is 96.6. The molecule has 3 saturated carbocycles. The molecule has 3 fully saturated rings. The predicted octanol–water partition coefficient (Wildman–Crippen LogP) is 24.9. The molecule has 4 amide bonds. The molecule has 680 valence electrons. The second-order valence-electron chi connectivity index (χ2n) is 35.1. The minimum Gasteiger partial charge on any atom is -0.386 e. The highest BCUT2D eigenvalue weighted by atomic mass is 79.9.